The van der Waals surface area contributed by atoms with Crippen molar-refractivity contribution < 1.29 is 9.60 Å². The van der Waals surface area contributed by atoms with Crippen molar-refractivity contribution in [3.63, 3.8) is 0 Å². The molecular formula is C20H27N. The fourth-order valence-electron chi connectivity index (χ4n) is 1.80. The Morgan fingerprint density at radius 2 is 1.24 bits per heavy atom. The van der Waals surface area contributed by atoms with Gasteiger partial charge in [-0.2, -0.15) is 0 Å². The Morgan fingerprint density at radius 1 is 0.762 bits per heavy atom. The van der Waals surface area contributed by atoms with Gasteiger partial charge >= 0.3 is 0 Å². The molecule has 0 unspecified atom stereocenters. The van der Waals surface area contributed by atoms with Crippen LogP contribution in [0.25, 0.3) is 11.1 Å². The molecule has 112 valence electrons. The largest absolute Gasteiger partial charge is 0.398 e. The molecule has 0 saturated heterocycles. The van der Waals surface area contributed by atoms with Gasteiger partial charge in [0, 0.05) is 11.3 Å². The summed E-state index contributed by atoms with van der Waals surface area (Å²) in [6.45, 7) is 10.9. The van der Waals surface area contributed by atoms with E-state index in [1.165, 1.54) is 0 Å². The second-order valence-electron chi connectivity index (χ2n) is 7.29. The van der Waals surface area contributed by atoms with Crippen molar-refractivity contribution in [2.45, 2.75) is 52.4 Å². The molecule has 0 radical (unpaired) electrons. The van der Waals surface area contributed by atoms with E-state index in [4.69, 9.17) is 15.3 Å². The van der Waals surface area contributed by atoms with Crippen molar-refractivity contribution in [2.24, 2.45) is 0 Å². The van der Waals surface area contributed by atoms with Crippen LogP contribution in [0.1, 0.15) is 62.3 Å². The van der Waals surface area contributed by atoms with Crippen molar-refractivity contribution in [3.8, 4) is 11.1 Å². The number of benzene rings is 2. The maximum absolute atomic E-state index is 8.66. The molecule has 0 bridgehead atoms. The Labute approximate surface area is 139 Å². The van der Waals surface area contributed by atoms with Crippen LogP contribution in [0.5, 0.6) is 0 Å². The fraction of sp³-hybridized carbons (Fsp3) is 0.400. The summed E-state index contributed by atoms with van der Waals surface area (Å²) in [6, 6.07) is -1.49. The zero-order valence-electron chi connectivity index (χ0n) is 20.6. The van der Waals surface area contributed by atoms with E-state index in [1.54, 1.807) is 0 Å². The van der Waals surface area contributed by atoms with E-state index in [1.807, 2.05) is 41.5 Å². The van der Waals surface area contributed by atoms with Crippen LogP contribution in [0.4, 0.5) is 5.69 Å². The van der Waals surface area contributed by atoms with E-state index in [-0.39, 0.29) is 64.7 Å². The Morgan fingerprint density at radius 3 is 1.71 bits per heavy atom. The normalized spacial score (nSPS) is 17.1. The van der Waals surface area contributed by atoms with Gasteiger partial charge in [0.2, 0.25) is 0 Å². The highest BCUT2D eigenvalue weighted by atomic mass is 14.6. The Hall–Kier alpha value is -1.76. The molecule has 0 atom stereocenters. The number of nitrogens with two attached hydrogens (primary N) is 1. The van der Waals surface area contributed by atoms with E-state index >= 15 is 0 Å². The Bertz CT molecular complexity index is 938. The van der Waals surface area contributed by atoms with Gasteiger partial charge in [-0.15, -0.1) is 0 Å². The van der Waals surface area contributed by atoms with Crippen LogP contribution in [0.2, 0.25) is 0 Å². The van der Waals surface area contributed by atoms with Crippen LogP contribution in [0.3, 0.4) is 0 Å². The molecule has 21 heavy (non-hydrogen) atoms. The van der Waals surface area contributed by atoms with Crippen molar-refractivity contribution in [3.05, 3.63) is 53.4 Å². The van der Waals surface area contributed by atoms with Gasteiger partial charge in [0.15, 0.2) is 0 Å². The summed E-state index contributed by atoms with van der Waals surface area (Å²) in [4.78, 5) is 0. The first kappa shape index (κ1) is 8.63. The number of anilines is 1. The van der Waals surface area contributed by atoms with Gasteiger partial charge < -0.3 is 5.73 Å². The summed E-state index contributed by atoms with van der Waals surface area (Å²) in [5.41, 5.74) is 5.14. The third kappa shape index (κ3) is 3.47. The second kappa shape index (κ2) is 5.22. The summed E-state index contributed by atoms with van der Waals surface area (Å²) in [6.07, 6.45) is 0. The summed E-state index contributed by atoms with van der Waals surface area (Å²) in [5.74, 6) is 0. The highest BCUT2D eigenvalue weighted by Crippen LogP contribution is 2.33. The molecule has 0 fully saturated rings. The predicted octanol–water partition coefficient (Wildman–Crippen LogP) is 5.53. The summed E-state index contributed by atoms with van der Waals surface area (Å²) < 4.78 is 59.0. The van der Waals surface area contributed by atoms with Gasteiger partial charge in [-0.25, -0.2) is 0 Å². The van der Waals surface area contributed by atoms with Crippen LogP contribution in [-0.4, -0.2) is 0 Å². The summed E-state index contributed by atoms with van der Waals surface area (Å²) >= 11 is 0. The minimum absolute atomic E-state index is 0.0108. The van der Waals surface area contributed by atoms with Crippen molar-refractivity contribution in [1.29, 1.82) is 0 Å². The third-order valence-corrected chi connectivity index (χ3v) is 3.22. The molecular weight excluding hydrogens is 254 g/mol. The topological polar surface area (TPSA) is 26.0 Å². The number of hydrogen-bond acceptors (Lipinski definition) is 1. The summed E-state index contributed by atoms with van der Waals surface area (Å²) in [7, 11) is 0. The van der Waals surface area contributed by atoms with E-state index in [0.717, 1.165) is 0 Å². The number of rotatable bonds is 1. The molecule has 2 aromatic carbocycles. The minimum Gasteiger partial charge on any atom is -0.398 e. The molecule has 1 nitrogen and oxygen atoms in total. The average molecular weight is 288 g/mol. The molecule has 0 amide bonds. The molecule has 0 aliphatic rings. The van der Waals surface area contributed by atoms with Gasteiger partial charge in [0.1, 0.15) is 0 Å². The number of hydrogen-bond donors (Lipinski definition) is 1. The molecule has 0 heterocycles. The standard InChI is InChI=1S/C20H27N/c1-19(2,3)15-9-7-14(8-10-15)17-13-16(20(4,5)6)11-12-18(17)21/h7-13H,21H2,1-6H3/i7D,8D,9D,10D,11D,12D,13D. The smallest absolute Gasteiger partial charge is 0.0645 e. The molecule has 2 N–H and O–H groups in total. The van der Waals surface area contributed by atoms with Crippen LogP contribution >= 0.6 is 0 Å². The van der Waals surface area contributed by atoms with Crippen LogP contribution in [0, 0.1) is 0 Å². The monoisotopic (exact) mass is 288 g/mol. The Balaban J connectivity index is 3.09. The van der Waals surface area contributed by atoms with E-state index < -0.39 is 10.8 Å². The lowest BCUT2D eigenvalue weighted by molar-refractivity contribution is 0.590. The van der Waals surface area contributed by atoms with Gasteiger partial charge in [-0.3, -0.25) is 0 Å². The predicted molar refractivity (Wildman–Crippen MR) is 93.7 cm³/mol. The minimum atomic E-state index is -0.629. The lowest BCUT2D eigenvalue weighted by Crippen LogP contribution is -2.11. The van der Waals surface area contributed by atoms with E-state index in [2.05, 4.69) is 0 Å². The van der Waals surface area contributed by atoms with Crippen LogP contribution in [0.15, 0.2) is 42.3 Å². The lowest BCUT2D eigenvalue weighted by atomic mass is 9.84. The molecule has 1 heteroatoms. The molecule has 0 aliphatic carbocycles. The van der Waals surface area contributed by atoms with Crippen molar-refractivity contribution in [1.82, 2.24) is 0 Å². The molecule has 2 aromatic rings. The van der Waals surface area contributed by atoms with Gasteiger partial charge in [0.05, 0.1) is 9.60 Å². The third-order valence-electron chi connectivity index (χ3n) is 3.22. The maximum Gasteiger partial charge on any atom is 0.0645 e. The van der Waals surface area contributed by atoms with Crippen LogP contribution in [-0.2, 0) is 10.8 Å². The SMILES string of the molecule is [2H]c1c([2H])c(C(C)(C)C)c([2H])c(-c2c([2H])c([2H])c(C(C)(C)C)c([2H])c2[2H])c1N. The molecule has 0 saturated carbocycles. The zero-order valence-corrected chi connectivity index (χ0v) is 13.6. The quantitative estimate of drug-likeness (QED) is 0.686. The van der Waals surface area contributed by atoms with Crippen LogP contribution < -0.4 is 5.73 Å². The van der Waals surface area contributed by atoms with E-state index in [0.29, 0.717) is 5.56 Å². The average Bonchev–Trinajstić information content (AvgIpc) is 2.51. The highest BCUT2D eigenvalue weighted by molar-refractivity contribution is 5.77. The molecule has 0 aromatic heterocycles. The lowest BCUT2D eigenvalue weighted by Gasteiger charge is -2.22. The fourth-order valence-corrected chi connectivity index (χ4v) is 1.80. The first-order valence-electron chi connectivity index (χ1n) is 10.5. The summed E-state index contributed by atoms with van der Waals surface area (Å²) in [5, 5.41) is 0. The van der Waals surface area contributed by atoms with Gasteiger partial charge in [-0.1, -0.05) is 71.8 Å². The molecule has 2 rings (SSSR count). The van der Waals surface area contributed by atoms with Gasteiger partial charge in [0.25, 0.3) is 0 Å². The first-order valence-corrected chi connectivity index (χ1v) is 7.04. The maximum atomic E-state index is 8.66. The highest BCUT2D eigenvalue weighted by Gasteiger charge is 2.16. The second-order valence-corrected chi connectivity index (χ2v) is 7.29. The Kier molecular flexibility index (Phi) is 2.14. The number of nitrogen functional groups attached to an aromatic ring is 1. The van der Waals surface area contributed by atoms with Gasteiger partial charge in [-0.05, 0) is 39.6 Å². The van der Waals surface area contributed by atoms with Crippen molar-refractivity contribution >= 4 is 5.69 Å². The van der Waals surface area contributed by atoms with Crippen molar-refractivity contribution in [2.75, 3.05) is 5.73 Å². The first-order chi connectivity index (χ1) is 12.5. The molecule has 0 spiro atoms. The zero-order chi connectivity index (χ0) is 21.9. The molecule has 0 aliphatic heterocycles. The van der Waals surface area contributed by atoms with E-state index in [9.17, 15) is 0 Å².